The van der Waals surface area contributed by atoms with Crippen molar-refractivity contribution in [3.63, 3.8) is 0 Å². The van der Waals surface area contributed by atoms with E-state index in [0.717, 1.165) is 11.6 Å². The van der Waals surface area contributed by atoms with Gasteiger partial charge in [-0.05, 0) is 50.2 Å². The number of piperidine rings is 1. The minimum absolute atomic E-state index is 0.664. The predicted molar refractivity (Wildman–Crippen MR) is 73.4 cm³/mol. The molecule has 94 valence electrons. The molecule has 0 unspecified atom stereocenters. The van der Waals surface area contributed by atoms with Crippen LogP contribution in [0.15, 0.2) is 24.3 Å². The van der Waals surface area contributed by atoms with Crippen molar-refractivity contribution >= 4 is 11.6 Å². The van der Waals surface area contributed by atoms with E-state index < -0.39 is 0 Å². The number of nitrogens with one attached hydrogen (secondary N) is 1. The molecule has 3 heteroatoms. The molecule has 2 nitrogen and oxygen atoms in total. The van der Waals surface area contributed by atoms with Gasteiger partial charge in [-0.1, -0.05) is 30.7 Å². The Balaban J connectivity index is 1.76. The van der Waals surface area contributed by atoms with Crippen LogP contribution in [0.25, 0.3) is 0 Å². The van der Waals surface area contributed by atoms with Crippen molar-refractivity contribution in [1.29, 1.82) is 0 Å². The van der Waals surface area contributed by atoms with Gasteiger partial charge in [-0.3, -0.25) is 0 Å². The summed E-state index contributed by atoms with van der Waals surface area (Å²) in [7, 11) is 0. The van der Waals surface area contributed by atoms with Crippen LogP contribution in [-0.4, -0.2) is 30.6 Å². The van der Waals surface area contributed by atoms with Gasteiger partial charge in [0.25, 0.3) is 0 Å². The van der Waals surface area contributed by atoms with Gasteiger partial charge in [0.05, 0.1) is 0 Å². The molecule has 1 aromatic rings. The maximum Gasteiger partial charge on any atom is 0.0409 e. The van der Waals surface area contributed by atoms with Crippen LogP contribution in [0, 0.1) is 0 Å². The number of hydrogen-bond acceptors (Lipinski definition) is 2. The first-order valence-electron chi connectivity index (χ1n) is 6.48. The van der Waals surface area contributed by atoms with E-state index in [9.17, 15) is 0 Å². The smallest absolute Gasteiger partial charge is 0.0409 e. The molecule has 0 aliphatic carbocycles. The molecule has 1 heterocycles. The normalized spacial score (nSPS) is 18.5. The zero-order valence-electron chi connectivity index (χ0n) is 10.5. The molecule has 1 saturated heterocycles. The van der Waals surface area contributed by atoms with Gasteiger partial charge in [0.15, 0.2) is 0 Å². The first-order chi connectivity index (χ1) is 8.28. The van der Waals surface area contributed by atoms with E-state index in [1.807, 2.05) is 18.2 Å². The molecule has 1 aliphatic heterocycles. The van der Waals surface area contributed by atoms with Crippen LogP contribution >= 0.6 is 11.6 Å². The summed E-state index contributed by atoms with van der Waals surface area (Å²) in [5, 5.41) is 4.45. The Bertz CT molecular complexity index is 346. The van der Waals surface area contributed by atoms with Gasteiger partial charge < -0.3 is 10.2 Å². The number of rotatable bonds is 4. The molecular weight excluding hydrogens is 232 g/mol. The highest BCUT2D eigenvalue weighted by Crippen LogP contribution is 2.13. The summed E-state index contributed by atoms with van der Waals surface area (Å²) in [6.45, 7) is 6.80. The molecule has 0 saturated carbocycles. The SMILES string of the molecule is CCN1CCC(NCc2cccc(Cl)c2)CC1. The zero-order chi connectivity index (χ0) is 12.1. The minimum Gasteiger partial charge on any atom is -0.310 e. The molecule has 1 fully saturated rings. The fraction of sp³-hybridized carbons (Fsp3) is 0.571. The first-order valence-corrected chi connectivity index (χ1v) is 6.86. The lowest BCUT2D eigenvalue weighted by Gasteiger charge is -2.31. The molecule has 1 aliphatic rings. The largest absolute Gasteiger partial charge is 0.310 e. The highest BCUT2D eigenvalue weighted by atomic mass is 35.5. The highest BCUT2D eigenvalue weighted by molar-refractivity contribution is 6.30. The maximum atomic E-state index is 5.97. The minimum atomic E-state index is 0.664. The number of hydrogen-bond donors (Lipinski definition) is 1. The number of halogens is 1. The summed E-state index contributed by atoms with van der Waals surface area (Å²) < 4.78 is 0. The summed E-state index contributed by atoms with van der Waals surface area (Å²) in [5.41, 5.74) is 1.27. The van der Waals surface area contributed by atoms with Gasteiger partial charge in [-0.2, -0.15) is 0 Å². The topological polar surface area (TPSA) is 15.3 Å². The second-order valence-electron chi connectivity index (χ2n) is 4.72. The Kier molecular flexibility index (Phi) is 4.84. The number of likely N-dealkylation sites (tertiary alicyclic amines) is 1. The van der Waals surface area contributed by atoms with E-state index >= 15 is 0 Å². The molecule has 0 atom stereocenters. The van der Waals surface area contributed by atoms with E-state index in [4.69, 9.17) is 11.6 Å². The summed E-state index contributed by atoms with van der Waals surface area (Å²) in [6, 6.07) is 8.76. The Morgan fingerprint density at radius 2 is 2.12 bits per heavy atom. The van der Waals surface area contributed by atoms with Crippen LogP contribution in [0.5, 0.6) is 0 Å². The molecule has 0 amide bonds. The first kappa shape index (κ1) is 12.9. The quantitative estimate of drug-likeness (QED) is 0.887. The van der Waals surface area contributed by atoms with Gasteiger partial charge in [-0.25, -0.2) is 0 Å². The molecule has 1 aromatic carbocycles. The van der Waals surface area contributed by atoms with Crippen molar-refractivity contribution in [2.24, 2.45) is 0 Å². The van der Waals surface area contributed by atoms with Crippen molar-refractivity contribution in [3.8, 4) is 0 Å². The third kappa shape index (κ3) is 3.98. The number of nitrogens with zero attached hydrogens (tertiary/aromatic N) is 1. The molecule has 2 rings (SSSR count). The fourth-order valence-electron chi connectivity index (χ4n) is 2.36. The van der Waals surface area contributed by atoms with Crippen molar-refractivity contribution in [1.82, 2.24) is 10.2 Å². The molecule has 1 N–H and O–H groups in total. The lowest BCUT2D eigenvalue weighted by molar-refractivity contribution is 0.206. The van der Waals surface area contributed by atoms with Crippen LogP contribution in [0.3, 0.4) is 0 Å². The van der Waals surface area contributed by atoms with Crippen molar-refractivity contribution in [2.75, 3.05) is 19.6 Å². The van der Waals surface area contributed by atoms with Crippen molar-refractivity contribution in [3.05, 3.63) is 34.9 Å². The summed E-state index contributed by atoms with van der Waals surface area (Å²) in [5.74, 6) is 0. The van der Waals surface area contributed by atoms with Gasteiger partial charge in [0.2, 0.25) is 0 Å². The lowest BCUT2D eigenvalue weighted by atomic mass is 10.0. The van der Waals surface area contributed by atoms with E-state index in [1.165, 1.54) is 38.0 Å². The standard InChI is InChI=1S/C14H21ClN2/c1-2-17-8-6-14(7-9-17)16-11-12-4-3-5-13(15)10-12/h3-5,10,14,16H,2,6-9,11H2,1H3. The Morgan fingerprint density at radius 1 is 1.35 bits per heavy atom. The molecule has 0 bridgehead atoms. The molecule has 17 heavy (non-hydrogen) atoms. The fourth-order valence-corrected chi connectivity index (χ4v) is 2.58. The number of benzene rings is 1. The molecular formula is C14H21ClN2. The van der Waals surface area contributed by atoms with Crippen LogP contribution in [0.1, 0.15) is 25.3 Å². The second kappa shape index (κ2) is 6.39. The van der Waals surface area contributed by atoms with Gasteiger partial charge in [0, 0.05) is 17.6 Å². The Labute approximate surface area is 109 Å². The molecule has 0 radical (unpaired) electrons. The van der Waals surface area contributed by atoms with Crippen LogP contribution < -0.4 is 5.32 Å². The maximum absolute atomic E-state index is 5.97. The monoisotopic (exact) mass is 252 g/mol. The third-order valence-corrected chi connectivity index (χ3v) is 3.75. The average molecular weight is 253 g/mol. The lowest BCUT2D eigenvalue weighted by Crippen LogP contribution is -2.42. The van der Waals surface area contributed by atoms with Crippen LogP contribution in [-0.2, 0) is 6.54 Å². The van der Waals surface area contributed by atoms with Crippen molar-refractivity contribution in [2.45, 2.75) is 32.4 Å². The summed E-state index contributed by atoms with van der Waals surface area (Å²) >= 11 is 5.97. The van der Waals surface area contributed by atoms with E-state index in [2.05, 4.69) is 23.2 Å². The predicted octanol–water partition coefficient (Wildman–Crippen LogP) is 2.91. The Hall–Kier alpha value is -0.570. The second-order valence-corrected chi connectivity index (χ2v) is 5.16. The highest BCUT2D eigenvalue weighted by Gasteiger charge is 2.17. The molecule has 0 aromatic heterocycles. The zero-order valence-corrected chi connectivity index (χ0v) is 11.2. The van der Waals surface area contributed by atoms with E-state index in [0.29, 0.717) is 6.04 Å². The van der Waals surface area contributed by atoms with Crippen molar-refractivity contribution < 1.29 is 0 Å². The van der Waals surface area contributed by atoms with Crippen LogP contribution in [0.2, 0.25) is 5.02 Å². The van der Waals surface area contributed by atoms with Gasteiger partial charge >= 0.3 is 0 Å². The summed E-state index contributed by atoms with van der Waals surface area (Å²) in [6.07, 6.45) is 2.52. The Morgan fingerprint density at radius 3 is 2.76 bits per heavy atom. The molecule has 0 spiro atoms. The average Bonchev–Trinajstić information content (AvgIpc) is 2.37. The summed E-state index contributed by atoms with van der Waals surface area (Å²) in [4.78, 5) is 2.51. The van der Waals surface area contributed by atoms with E-state index in [1.54, 1.807) is 0 Å². The van der Waals surface area contributed by atoms with E-state index in [-0.39, 0.29) is 0 Å². The van der Waals surface area contributed by atoms with Gasteiger partial charge in [0.1, 0.15) is 0 Å². The van der Waals surface area contributed by atoms with Gasteiger partial charge in [-0.15, -0.1) is 0 Å². The third-order valence-electron chi connectivity index (χ3n) is 3.52. The van der Waals surface area contributed by atoms with Crippen LogP contribution in [0.4, 0.5) is 0 Å².